The van der Waals surface area contributed by atoms with Gasteiger partial charge in [0.15, 0.2) is 0 Å². The van der Waals surface area contributed by atoms with Gasteiger partial charge in [-0.3, -0.25) is 0 Å². The molecule has 0 bridgehead atoms. The number of nitriles is 2. The fourth-order valence-electron chi connectivity index (χ4n) is 2.12. The van der Waals surface area contributed by atoms with E-state index in [1.54, 1.807) is 24.3 Å². The summed E-state index contributed by atoms with van der Waals surface area (Å²) in [6.07, 6.45) is 0. The Balaban J connectivity index is 1.94. The zero-order valence-corrected chi connectivity index (χ0v) is 14.0. The Kier molecular flexibility index (Phi) is 4.27. The molecule has 0 saturated heterocycles. The molecule has 0 spiro atoms. The molecule has 26 heavy (non-hydrogen) atoms. The lowest BCUT2D eigenvalue weighted by molar-refractivity contribution is 0.581. The minimum absolute atomic E-state index is 0.0211. The van der Waals surface area contributed by atoms with E-state index in [0.717, 1.165) is 0 Å². The molecular formula is C16H11N7O2S. The van der Waals surface area contributed by atoms with Gasteiger partial charge in [-0.15, -0.1) is 9.19 Å². The molecule has 3 aromatic rings. The normalized spacial score (nSPS) is 10.7. The van der Waals surface area contributed by atoms with Gasteiger partial charge >= 0.3 is 0 Å². The SMILES string of the molecule is N#Cc1ccc(Nc2nc(N)n(S(=O)(=O)c3cccc(C#N)c3)n2)cc1. The minimum atomic E-state index is -4.10. The number of anilines is 3. The van der Waals surface area contributed by atoms with Crippen LogP contribution in [0.2, 0.25) is 0 Å². The van der Waals surface area contributed by atoms with Crippen molar-refractivity contribution in [3.05, 3.63) is 59.7 Å². The van der Waals surface area contributed by atoms with Gasteiger partial charge < -0.3 is 11.1 Å². The van der Waals surface area contributed by atoms with Crippen LogP contribution in [0.15, 0.2) is 53.4 Å². The fraction of sp³-hybridized carbons (Fsp3) is 0. The molecule has 10 heteroatoms. The smallest absolute Gasteiger partial charge is 0.286 e. The fourth-order valence-corrected chi connectivity index (χ4v) is 3.32. The van der Waals surface area contributed by atoms with Crippen molar-refractivity contribution in [2.45, 2.75) is 4.90 Å². The lowest BCUT2D eigenvalue weighted by Crippen LogP contribution is -2.17. The largest absolute Gasteiger partial charge is 0.367 e. The van der Waals surface area contributed by atoms with Gasteiger partial charge in [-0.25, -0.2) is 0 Å². The Labute approximate surface area is 149 Å². The van der Waals surface area contributed by atoms with Crippen molar-refractivity contribution in [3.8, 4) is 12.1 Å². The first-order valence-corrected chi connectivity index (χ1v) is 8.63. The number of benzene rings is 2. The number of nitrogens with one attached hydrogen (secondary N) is 1. The van der Waals surface area contributed by atoms with Crippen LogP contribution in [-0.2, 0) is 10.0 Å². The first-order chi connectivity index (χ1) is 12.4. The summed E-state index contributed by atoms with van der Waals surface area (Å²) in [5.74, 6) is -0.351. The summed E-state index contributed by atoms with van der Waals surface area (Å²) in [5, 5.41) is 24.4. The Bertz CT molecular complexity index is 1150. The summed E-state index contributed by atoms with van der Waals surface area (Å²) >= 11 is 0. The number of rotatable bonds is 4. The molecule has 0 unspecified atom stereocenters. The second-order valence-electron chi connectivity index (χ2n) is 5.10. The summed E-state index contributed by atoms with van der Waals surface area (Å²) in [7, 11) is -4.10. The van der Waals surface area contributed by atoms with Crippen LogP contribution in [0, 0.1) is 22.7 Å². The van der Waals surface area contributed by atoms with E-state index in [1.807, 2.05) is 12.1 Å². The topological polar surface area (TPSA) is 150 Å². The summed E-state index contributed by atoms with van der Waals surface area (Å²) in [6, 6.07) is 15.8. The van der Waals surface area contributed by atoms with Crippen LogP contribution in [-0.4, -0.2) is 22.6 Å². The highest BCUT2D eigenvalue weighted by molar-refractivity contribution is 7.90. The van der Waals surface area contributed by atoms with Crippen LogP contribution in [0.4, 0.5) is 17.6 Å². The van der Waals surface area contributed by atoms with E-state index in [2.05, 4.69) is 15.4 Å². The van der Waals surface area contributed by atoms with Gasteiger partial charge in [0.25, 0.3) is 10.0 Å². The van der Waals surface area contributed by atoms with Crippen molar-refractivity contribution < 1.29 is 8.42 Å². The summed E-state index contributed by atoms with van der Waals surface area (Å²) in [4.78, 5) is 3.77. The van der Waals surface area contributed by atoms with Gasteiger partial charge in [0, 0.05) is 5.69 Å². The highest BCUT2D eigenvalue weighted by Crippen LogP contribution is 2.20. The lowest BCUT2D eigenvalue weighted by Gasteiger charge is -2.05. The molecule has 1 aromatic heterocycles. The number of nitrogen functional groups attached to an aromatic ring is 1. The first kappa shape index (κ1) is 17.0. The molecular weight excluding hydrogens is 354 g/mol. The number of hydrogen-bond acceptors (Lipinski definition) is 8. The second-order valence-corrected chi connectivity index (χ2v) is 6.86. The number of hydrogen-bond donors (Lipinski definition) is 2. The maximum atomic E-state index is 12.7. The number of aromatic nitrogens is 3. The summed E-state index contributed by atoms with van der Waals surface area (Å²) in [5.41, 5.74) is 6.93. The van der Waals surface area contributed by atoms with E-state index >= 15 is 0 Å². The van der Waals surface area contributed by atoms with Crippen LogP contribution in [0.25, 0.3) is 0 Å². The predicted molar refractivity (Wildman–Crippen MR) is 92.6 cm³/mol. The van der Waals surface area contributed by atoms with Gasteiger partial charge in [-0.05, 0) is 42.5 Å². The van der Waals surface area contributed by atoms with Gasteiger partial charge in [0.2, 0.25) is 11.9 Å². The standard InChI is InChI=1S/C16H11N7O2S/c17-9-11-4-6-13(7-5-11)20-16-21-15(19)23(22-16)26(24,25)14-3-1-2-12(8-14)10-18/h1-8H,(H3,19,20,21,22). The van der Waals surface area contributed by atoms with Gasteiger partial charge in [-0.2, -0.15) is 23.9 Å². The minimum Gasteiger partial charge on any atom is -0.367 e. The van der Waals surface area contributed by atoms with Gasteiger partial charge in [0.1, 0.15) is 0 Å². The van der Waals surface area contributed by atoms with Crippen LogP contribution < -0.4 is 11.1 Å². The van der Waals surface area contributed by atoms with Crippen molar-refractivity contribution in [2.75, 3.05) is 11.1 Å². The van der Waals surface area contributed by atoms with E-state index in [9.17, 15) is 8.42 Å². The zero-order chi connectivity index (χ0) is 18.7. The van der Waals surface area contributed by atoms with Crippen molar-refractivity contribution >= 4 is 27.6 Å². The highest BCUT2D eigenvalue weighted by Gasteiger charge is 2.23. The van der Waals surface area contributed by atoms with E-state index in [4.69, 9.17) is 16.3 Å². The summed E-state index contributed by atoms with van der Waals surface area (Å²) < 4.78 is 26.0. The monoisotopic (exact) mass is 365 g/mol. The molecule has 0 aliphatic rings. The average Bonchev–Trinajstić information content (AvgIpc) is 3.03. The van der Waals surface area contributed by atoms with Crippen LogP contribution >= 0.6 is 0 Å². The molecule has 2 aromatic carbocycles. The lowest BCUT2D eigenvalue weighted by atomic mass is 10.2. The Hall–Kier alpha value is -3.89. The third-order valence-electron chi connectivity index (χ3n) is 3.36. The molecule has 0 atom stereocenters. The molecule has 1 heterocycles. The summed E-state index contributed by atoms with van der Waals surface area (Å²) in [6.45, 7) is 0. The van der Waals surface area contributed by atoms with E-state index < -0.39 is 10.0 Å². The molecule has 0 aliphatic carbocycles. The van der Waals surface area contributed by atoms with Crippen LogP contribution in [0.3, 0.4) is 0 Å². The number of nitrogens with two attached hydrogens (primary N) is 1. The zero-order valence-electron chi connectivity index (χ0n) is 13.2. The average molecular weight is 365 g/mol. The van der Waals surface area contributed by atoms with Gasteiger partial charge in [-0.1, -0.05) is 6.07 Å². The third-order valence-corrected chi connectivity index (χ3v) is 4.93. The molecule has 128 valence electrons. The second kappa shape index (κ2) is 6.55. The Morgan fingerprint density at radius 2 is 1.73 bits per heavy atom. The first-order valence-electron chi connectivity index (χ1n) is 7.19. The number of nitrogens with zero attached hydrogens (tertiary/aromatic N) is 5. The molecule has 3 rings (SSSR count). The van der Waals surface area contributed by atoms with Crippen molar-refractivity contribution in [1.82, 2.24) is 14.2 Å². The molecule has 0 amide bonds. The molecule has 0 radical (unpaired) electrons. The van der Waals surface area contributed by atoms with E-state index in [-0.39, 0.29) is 22.4 Å². The van der Waals surface area contributed by atoms with Crippen LogP contribution in [0.1, 0.15) is 11.1 Å². The maximum Gasteiger partial charge on any atom is 0.286 e. The molecule has 3 N–H and O–H groups in total. The van der Waals surface area contributed by atoms with Crippen molar-refractivity contribution in [3.63, 3.8) is 0 Å². The van der Waals surface area contributed by atoms with Crippen molar-refractivity contribution in [2.24, 2.45) is 0 Å². The van der Waals surface area contributed by atoms with Gasteiger partial charge in [0.05, 0.1) is 28.2 Å². The molecule has 0 aliphatic heterocycles. The van der Waals surface area contributed by atoms with Crippen molar-refractivity contribution in [1.29, 1.82) is 10.5 Å². The molecule has 0 fully saturated rings. The molecule has 0 saturated carbocycles. The third kappa shape index (κ3) is 3.17. The van der Waals surface area contributed by atoms with E-state index in [0.29, 0.717) is 15.3 Å². The predicted octanol–water partition coefficient (Wildman–Crippen LogP) is 1.58. The van der Waals surface area contributed by atoms with E-state index in [1.165, 1.54) is 24.3 Å². The highest BCUT2D eigenvalue weighted by atomic mass is 32.2. The van der Waals surface area contributed by atoms with Crippen LogP contribution in [0.5, 0.6) is 0 Å². The quantitative estimate of drug-likeness (QED) is 0.707. The Morgan fingerprint density at radius 1 is 1.04 bits per heavy atom. The Morgan fingerprint density at radius 3 is 2.38 bits per heavy atom. The maximum absolute atomic E-state index is 12.7. The molecule has 9 nitrogen and oxygen atoms in total.